The molecule has 0 aromatic heterocycles. The highest BCUT2D eigenvalue weighted by Crippen LogP contribution is 2.11. The third-order valence-corrected chi connectivity index (χ3v) is 4.76. The Labute approximate surface area is 179 Å². The molecule has 0 aliphatic carbocycles. The lowest BCUT2D eigenvalue weighted by Crippen LogP contribution is -2.36. The molecule has 0 heterocycles. The van der Waals surface area contributed by atoms with Crippen LogP contribution in [-0.2, 0) is 19.1 Å². The Kier molecular flexibility index (Phi) is 17.1. The second-order valence-corrected chi connectivity index (χ2v) is 8.95. The summed E-state index contributed by atoms with van der Waals surface area (Å²) in [6, 6.07) is 0. The van der Waals surface area contributed by atoms with E-state index < -0.39 is 5.60 Å². The molecule has 0 aliphatic heterocycles. The minimum Gasteiger partial charge on any atom is -0.466 e. The predicted molar refractivity (Wildman–Crippen MR) is 120 cm³/mol. The Balaban J connectivity index is 4.14. The minimum atomic E-state index is -0.435. The average molecular weight is 414 g/mol. The highest BCUT2D eigenvalue weighted by Gasteiger charge is 2.18. The highest BCUT2D eigenvalue weighted by atomic mass is 16.6. The lowest BCUT2D eigenvalue weighted by atomic mass is 10.1. The Bertz CT molecular complexity index is 418. The molecule has 0 bridgehead atoms. The van der Waals surface area contributed by atoms with Gasteiger partial charge in [0.2, 0.25) is 0 Å². The van der Waals surface area contributed by atoms with E-state index in [1.165, 1.54) is 38.5 Å². The summed E-state index contributed by atoms with van der Waals surface area (Å²) in [5.74, 6) is -0.235. The molecule has 0 radical (unpaired) electrons. The minimum absolute atomic E-state index is 0.0991. The second-order valence-electron chi connectivity index (χ2n) is 8.95. The number of carbonyl (C=O) groups excluding carboxylic acids is 2. The van der Waals surface area contributed by atoms with E-state index in [1.807, 2.05) is 27.7 Å². The van der Waals surface area contributed by atoms with Crippen LogP contribution in [-0.4, -0.2) is 48.7 Å². The number of ether oxygens (including phenoxy) is 2. The van der Waals surface area contributed by atoms with Gasteiger partial charge in [-0.15, -0.1) is 0 Å². The Morgan fingerprint density at radius 1 is 0.724 bits per heavy atom. The number of nitrogens with zero attached hydrogens (tertiary/aromatic N) is 1. The van der Waals surface area contributed by atoms with Crippen LogP contribution in [0, 0.1) is 0 Å². The topological polar surface area (TPSA) is 55.8 Å². The van der Waals surface area contributed by atoms with Crippen LogP contribution >= 0.6 is 0 Å². The number of carbonyl (C=O) groups is 2. The van der Waals surface area contributed by atoms with Gasteiger partial charge in [0, 0.05) is 6.42 Å². The Morgan fingerprint density at radius 2 is 1.24 bits per heavy atom. The maximum atomic E-state index is 12.2. The smallest absolute Gasteiger partial charge is 0.320 e. The van der Waals surface area contributed by atoms with E-state index in [4.69, 9.17) is 9.47 Å². The number of hydrogen-bond donors (Lipinski definition) is 0. The molecule has 172 valence electrons. The molecular formula is C24H47NO4. The molecule has 29 heavy (non-hydrogen) atoms. The fourth-order valence-electron chi connectivity index (χ4n) is 3.31. The van der Waals surface area contributed by atoms with Crippen LogP contribution in [0.3, 0.4) is 0 Å². The van der Waals surface area contributed by atoms with Crippen LogP contribution in [0.2, 0.25) is 0 Å². The van der Waals surface area contributed by atoms with Crippen molar-refractivity contribution in [2.24, 2.45) is 0 Å². The van der Waals surface area contributed by atoms with E-state index in [2.05, 4.69) is 11.8 Å². The van der Waals surface area contributed by atoms with Gasteiger partial charge in [-0.2, -0.15) is 0 Å². The molecule has 5 heteroatoms. The largest absolute Gasteiger partial charge is 0.466 e. The summed E-state index contributed by atoms with van der Waals surface area (Å²) in [7, 11) is 0. The first-order valence-electron chi connectivity index (χ1n) is 11.9. The van der Waals surface area contributed by atoms with Gasteiger partial charge in [0.1, 0.15) is 5.60 Å². The van der Waals surface area contributed by atoms with Crippen LogP contribution in [0.15, 0.2) is 0 Å². The van der Waals surface area contributed by atoms with Crippen molar-refractivity contribution in [1.82, 2.24) is 4.90 Å². The summed E-state index contributed by atoms with van der Waals surface area (Å²) in [6.07, 6.45) is 13.4. The number of unbranched alkanes of at least 4 members (excludes halogenated alkanes) is 9. The molecule has 0 aromatic carbocycles. The van der Waals surface area contributed by atoms with Crippen LogP contribution in [0.1, 0.15) is 112 Å². The van der Waals surface area contributed by atoms with Crippen molar-refractivity contribution in [3.63, 3.8) is 0 Å². The van der Waals surface area contributed by atoms with Crippen molar-refractivity contribution in [2.45, 2.75) is 117 Å². The molecule has 0 saturated heterocycles. The van der Waals surface area contributed by atoms with Gasteiger partial charge < -0.3 is 9.47 Å². The third-order valence-electron chi connectivity index (χ3n) is 4.76. The van der Waals surface area contributed by atoms with Gasteiger partial charge in [-0.3, -0.25) is 14.5 Å². The molecule has 0 unspecified atom stereocenters. The van der Waals surface area contributed by atoms with E-state index in [0.29, 0.717) is 19.6 Å². The van der Waals surface area contributed by atoms with Gasteiger partial charge in [0.05, 0.1) is 13.2 Å². The predicted octanol–water partition coefficient (Wildman–Crippen LogP) is 5.89. The fraction of sp³-hybridized carbons (Fsp3) is 0.917. The standard InChI is InChI=1S/C24H47NO4/c1-6-8-9-10-11-13-16-19-25(21-23(27)29-24(3,4)5)20-17-14-12-15-18-22(26)28-7-2/h6-21H2,1-5H3. The fourth-order valence-corrected chi connectivity index (χ4v) is 3.31. The normalized spacial score (nSPS) is 11.7. The molecule has 5 nitrogen and oxygen atoms in total. The molecule has 0 spiro atoms. The summed E-state index contributed by atoms with van der Waals surface area (Å²) in [6.45, 7) is 12.5. The SMILES string of the molecule is CCCCCCCCCN(CCCCCCC(=O)OCC)CC(=O)OC(C)(C)C. The number of esters is 2. The zero-order valence-corrected chi connectivity index (χ0v) is 19.9. The lowest BCUT2D eigenvalue weighted by Gasteiger charge is -2.25. The van der Waals surface area contributed by atoms with E-state index in [9.17, 15) is 9.59 Å². The second kappa shape index (κ2) is 17.7. The monoisotopic (exact) mass is 413 g/mol. The molecule has 0 fully saturated rings. The van der Waals surface area contributed by atoms with Crippen molar-refractivity contribution in [3.8, 4) is 0 Å². The van der Waals surface area contributed by atoms with E-state index >= 15 is 0 Å². The highest BCUT2D eigenvalue weighted by molar-refractivity contribution is 5.72. The van der Waals surface area contributed by atoms with Crippen molar-refractivity contribution in [2.75, 3.05) is 26.2 Å². The van der Waals surface area contributed by atoms with Crippen LogP contribution < -0.4 is 0 Å². The molecule has 0 aromatic rings. The summed E-state index contributed by atoms with van der Waals surface area (Å²) in [4.78, 5) is 25.8. The first kappa shape index (κ1) is 27.9. The molecule has 0 N–H and O–H groups in total. The van der Waals surface area contributed by atoms with Gasteiger partial charge in [0.25, 0.3) is 0 Å². The van der Waals surface area contributed by atoms with Gasteiger partial charge in [-0.05, 0) is 60.0 Å². The summed E-state index contributed by atoms with van der Waals surface area (Å²) >= 11 is 0. The molecular weight excluding hydrogens is 366 g/mol. The van der Waals surface area contributed by atoms with Crippen molar-refractivity contribution in [3.05, 3.63) is 0 Å². The molecule has 0 atom stereocenters. The first-order valence-corrected chi connectivity index (χ1v) is 11.9. The van der Waals surface area contributed by atoms with Crippen molar-refractivity contribution in [1.29, 1.82) is 0 Å². The van der Waals surface area contributed by atoms with E-state index in [-0.39, 0.29) is 11.9 Å². The summed E-state index contributed by atoms with van der Waals surface area (Å²) < 4.78 is 10.5. The van der Waals surface area contributed by atoms with Crippen LogP contribution in [0.4, 0.5) is 0 Å². The maximum Gasteiger partial charge on any atom is 0.320 e. The van der Waals surface area contributed by atoms with Crippen LogP contribution in [0.25, 0.3) is 0 Å². The zero-order valence-electron chi connectivity index (χ0n) is 19.9. The Hall–Kier alpha value is -1.10. The van der Waals surface area contributed by atoms with E-state index in [1.54, 1.807) is 0 Å². The van der Waals surface area contributed by atoms with E-state index in [0.717, 1.165) is 45.2 Å². The van der Waals surface area contributed by atoms with Gasteiger partial charge in [-0.25, -0.2) is 0 Å². The zero-order chi connectivity index (χ0) is 22.0. The molecule has 0 saturated carbocycles. The van der Waals surface area contributed by atoms with Gasteiger partial charge >= 0.3 is 11.9 Å². The molecule has 0 aliphatic rings. The molecule has 0 amide bonds. The van der Waals surface area contributed by atoms with Crippen molar-refractivity contribution >= 4 is 11.9 Å². The number of rotatable bonds is 18. The van der Waals surface area contributed by atoms with Crippen LogP contribution in [0.5, 0.6) is 0 Å². The first-order chi connectivity index (χ1) is 13.8. The third kappa shape index (κ3) is 20.0. The number of hydrogen-bond acceptors (Lipinski definition) is 5. The molecule has 0 rings (SSSR count). The Morgan fingerprint density at radius 3 is 1.76 bits per heavy atom. The maximum absolute atomic E-state index is 12.2. The van der Waals surface area contributed by atoms with Gasteiger partial charge in [-0.1, -0.05) is 58.3 Å². The van der Waals surface area contributed by atoms with Gasteiger partial charge in [0.15, 0.2) is 0 Å². The van der Waals surface area contributed by atoms with Crippen molar-refractivity contribution < 1.29 is 19.1 Å². The average Bonchev–Trinajstić information content (AvgIpc) is 2.62. The summed E-state index contributed by atoms with van der Waals surface area (Å²) in [5, 5.41) is 0. The lowest BCUT2D eigenvalue weighted by molar-refractivity contribution is -0.156. The summed E-state index contributed by atoms with van der Waals surface area (Å²) in [5.41, 5.74) is -0.435. The quantitative estimate of drug-likeness (QED) is 0.207.